The zero-order valence-electron chi connectivity index (χ0n) is 8.97. The van der Waals surface area contributed by atoms with Gasteiger partial charge in [0.15, 0.2) is 0 Å². The molecule has 1 heterocycles. The van der Waals surface area contributed by atoms with Crippen molar-refractivity contribution >= 4 is 0 Å². The van der Waals surface area contributed by atoms with Crippen LogP contribution in [0.4, 0.5) is 0 Å². The van der Waals surface area contributed by atoms with Crippen LogP contribution in [0.3, 0.4) is 0 Å². The standard InChI is InChI=1S/C11H24N2/c1-11-6-5-9-13(10-11)8-4-2-3-7-12/h11H,2-10,12H2,1H3/t11-/m1/s1. The third-order valence-electron chi connectivity index (χ3n) is 2.92. The average molecular weight is 184 g/mol. The van der Waals surface area contributed by atoms with Gasteiger partial charge in [-0.2, -0.15) is 0 Å². The summed E-state index contributed by atoms with van der Waals surface area (Å²) < 4.78 is 0. The van der Waals surface area contributed by atoms with Crippen LogP contribution in [-0.4, -0.2) is 31.1 Å². The Hall–Kier alpha value is -0.0800. The molecule has 1 aliphatic heterocycles. The molecule has 1 saturated heterocycles. The molecule has 0 unspecified atom stereocenters. The van der Waals surface area contributed by atoms with Crippen molar-refractivity contribution in [2.75, 3.05) is 26.2 Å². The fraction of sp³-hybridized carbons (Fsp3) is 1.00. The van der Waals surface area contributed by atoms with E-state index in [2.05, 4.69) is 11.8 Å². The SMILES string of the molecule is C[C@@H]1CCCN(CCCCCN)C1. The Morgan fingerprint density at radius 3 is 2.85 bits per heavy atom. The van der Waals surface area contributed by atoms with Crippen molar-refractivity contribution in [3.8, 4) is 0 Å². The van der Waals surface area contributed by atoms with Crippen LogP contribution in [0.1, 0.15) is 39.0 Å². The monoisotopic (exact) mass is 184 g/mol. The normalized spacial score (nSPS) is 24.9. The van der Waals surface area contributed by atoms with Crippen molar-refractivity contribution in [2.24, 2.45) is 11.7 Å². The maximum absolute atomic E-state index is 5.46. The van der Waals surface area contributed by atoms with Crippen molar-refractivity contribution in [1.82, 2.24) is 4.90 Å². The average Bonchev–Trinajstić information content (AvgIpc) is 2.13. The van der Waals surface area contributed by atoms with Gasteiger partial charge in [0.2, 0.25) is 0 Å². The Morgan fingerprint density at radius 2 is 2.15 bits per heavy atom. The largest absolute Gasteiger partial charge is 0.330 e. The second-order valence-corrected chi connectivity index (χ2v) is 4.40. The highest BCUT2D eigenvalue weighted by molar-refractivity contribution is 4.69. The van der Waals surface area contributed by atoms with E-state index in [9.17, 15) is 0 Å². The number of rotatable bonds is 5. The van der Waals surface area contributed by atoms with Crippen molar-refractivity contribution < 1.29 is 0 Å². The van der Waals surface area contributed by atoms with Gasteiger partial charge in [-0.3, -0.25) is 0 Å². The van der Waals surface area contributed by atoms with Crippen molar-refractivity contribution in [3.05, 3.63) is 0 Å². The van der Waals surface area contributed by atoms with Gasteiger partial charge in [0.05, 0.1) is 0 Å². The van der Waals surface area contributed by atoms with Gasteiger partial charge in [0, 0.05) is 6.54 Å². The van der Waals surface area contributed by atoms with E-state index in [-0.39, 0.29) is 0 Å². The lowest BCUT2D eigenvalue weighted by atomic mass is 10.00. The smallest absolute Gasteiger partial charge is 0.000703 e. The number of hydrogen-bond donors (Lipinski definition) is 1. The van der Waals surface area contributed by atoms with Gasteiger partial charge in [-0.25, -0.2) is 0 Å². The highest BCUT2D eigenvalue weighted by Crippen LogP contribution is 2.15. The van der Waals surface area contributed by atoms with Crippen LogP contribution in [0.5, 0.6) is 0 Å². The zero-order chi connectivity index (χ0) is 9.52. The van der Waals surface area contributed by atoms with E-state index in [1.165, 1.54) is 51.7 Å². The van der Waals surface area contributed by atoms with Crippen molar-refractivity contribution in [3.63, 3.8) is 0 Å². The Kier molecular flexibility index (Phi) is 5.40. The summed E-state index contributed by atoms with van der Waals surface area (Å²) in [6.07, 6.45) is 6.67. The quantitative estimate of drug-likeness (QED) is 0.661. The molecule has 0 spiro atoms. The molecule has 13 heavy (non-hydrogen) atoms. The number of nitrogens with two attached hydrogens (primary N) is 1. The van der Waals surface area contributed by atoms with Crippen molar-refractivity contribution in [2.45, 2.75) is 39.0 Å². The van der Waals surface area contributed by atoms with Gasteiger partial charge in [0.1, 0.15) is 0 Å². The molecule has 0 aromatic rings. The van der Waals surface area contributed by atoms with E-state index >= 15 is 0 Å². The summed E-state index contributed by atoms with van der Waals surface area (Å²) in [5.41, 5.74) is 5.46. The summed E-state index contributed by atoms with van der Waals surface area (Å²) in [5.74, 6) is 0.920. The summed E-state index contributed by atoms with van der Waals surface area (Å²) in [6, 6.07) is 0. The second-order valence-electron chi connectivity index (χ2n) is 4.40. The maximum Gasteiger partial charge on any atom is 0.000703 e. The van der Waals surface area contributed by atoms with Crippen LogP contribution in [0.2, 0.25) is 0 Å². The van der Waals surface area contributed by atoms with Gasteiger partial charge in [-0.15, -0.1) is 0 Å². The van der Waals surface area contributed by atoms with Gasteiger partial charge < -0.3 is 10.6 Å². The number of piperidine rings is 1. The molecule has 1 atom stereocenters. The highest BCUT2D eigenvalue weighted by atomic mass is 15.1. The summed E-state index contributed by atoms with van der Waals surface area (Å²) in [7, 11) is 0. The molecule has 0 aromatic carbocycles. The third-order valence-corrected chi connectivity index (χ3v) is 2.92. The van der Waals surface area contributed by atoms with Crippen LogP contribution in [0.15, 0.2) is 0 Å². The molecule has 0 aromatic heterocycles. The first kappa shape index (κ1) is 11.0. The van der Waals surface area contributed by atoms with Gasteiger partial charge in [-0.1, -0.05) is 13.3 Å². The van der Waals surface area contributed by atoms with Gasteiger partial charge >= 0.3 is 0 Å². The number of nitrogens with zero attached hydrogens (tertiary/aromatic N) is 1. The summed E-state index contributed by atoms with van der Waals surface area (Å²) in [5, 5.41) is 0. The molecule has 2 heteroatoms. The highest BCUT2D eigenvalue weighted by Gasteiger charge is 2.14. The molecule has 0 radical (unpaired) electrons. The molecule has 1 rings (SSSR count). The van der Waals surface area contributed by atoms with E-state index in [0.29, 0.717) is 0 Å². The van der Waals surface area contributed by atoms with E-state index in [4.69, 9.17) is 5.73 Å². The minimum atomic E-state index is 0.858. The topological polar surface area (TPSA) is 29.3 Å². The zero-order valence-corrected chi connectivity index (χ0v) is 8.97. The molecule has 0 saturated carbocycles. The molecule has 78 valence electrons. The van der Waals surface area contributed by atoms with E-state index < -0.39 is 0 Å². The number of hydrogen-bond acceptors (Lipinski definition) is 2. The first-order valence-corrected chi connectivity index (χ1v) is 5.75. The maximum atomic E-state index is 5.46. The third kappa shape index (κ3) is 4.63. The molecule has 2 nitrogen and oxygen atoms in total. The van der Waals surface area contributed by atoms with Gasteiger partial charge in [-0.05, 0) is 51.2 Å². The number of likely N-dealkylation sites (tertiary alicyclic amines) is 1. The van der Waals surface area contributed by atoms with Crippen LogP contribution < -0.4 is 5.73 Å². The van der Waals surface area contributed by atoms with Crippen LogP contribution >= 0.6 is 0 Å². The molecule has 0 amide bonds. The van der Waals surface area contributed by atoms with E-state index in [1.807, 2.05) is 0 Å². The lowest BCUT2D eigenvalue weighted by Gasteiger charge is -2.30. The summed E-state index contributed by atoms with van der Waals surface area (Å²) >= 11 is 0. The minimum Gasteiger partial charge on any atom is -0.330 e. The Morgan fingerprint density at radius 1 is 1.31 bits per heavy atom. The Labute approximate surface area is 82.5 Å². The molecule has 0 aliphatic carbocycles. The molecular weight excluding hydrogens is 160 g/mol. The molecule has 1 aliphatic rings. The van der Waals surface area contributed by atoms with Crippen LogP contribution in [0, 0.1) is 5.92 Å². The summed E-state index contributed by atoms with van der Waals surface area (Å²) in [6.45, 7) is 7.17. The molecular formula is C11H24N2. The van der Waals surface area contributed by atoms with Gasteiger partial charge in [0.25, 0.3) is 0 Å². The van der Waals surface area contributed by atoms with Crippen LogP contribution in [-0.2, 0) is 0 Å². The Bertz CT molecular complexity index is 125. The minimum absolute atomic E-state index is 0.858. The molecule has 1 fully saturated rings. The first-order valence-electron chi connectivity index (χ1n) is 5.75. The molecule has 2 N–H and O–H groups in total. The fourth-order valence-electron chi connectivity index (χ4n) is 2.15. The first-order chi connectivity index (χ1) is 6.33. The van der Waals surface area contributed by atoms with Crippen molar-refractivity contribution in [1.29, 1.82) is 0 Å². The van der Waals surface area contributed by atoms with E-state index in [0.717, 1.165) is 12.5 Å². The number of unbranched alkanes of at least 4 members (excludes halogenated alkanes) is 2. The Balaban J connectivity index is 2.00. The predicted molar refractivity (Wildman–Crippen MR) is 57.7 cm³/mol. The predicted octanol–water partition coefficient (Wildman–Crippen LogP) is 1.85. The second kappa shape index (κ2) is 6.39. The molecule has 0 bridgehead atoms. The lowest BCUT2D eigenvalue weighted by Crippen LogP contribution is -2.34. The van der Waals surface area contributed by atoms with Crippen LogP contribution in [0.25, 0.3) is 0 Å². The van der Waals surface area contributed by atoms with E-state index in [1.54, 1.807) is 0 Å². The lowest BCUT2D eigenvalue weighted by molar-refractivity contribution is 0.181. The summed E-state index contributed by atoms with van der Waals surface area (Å²) in [4.78, 5) is 2.62. The fourth-order valence-corrected chi connectivity index (χ4v) is 2.15.